The summed E-state index contributed by atoms with van der Waals surface area (Å²) in [5.41, 5.74) is 4.16. The number of thiophene rings is 1. The Morgan fingerprint density at radius 2 is 2.27 bits per heavy atom. The van der Waals surface area contributed by atoms with E-state index in [1.165, 1.54) is 4.88 Å². The standard InChI is InChI=1S/C15H14N4O2S/c1-9-5-6-14(22-9)11-8-12(18-17-11)15(20)19-16-10(2)13-4-3-7-21-13/h3-8H,1-2H3,(H,17,18)(H,19,20)/b16-10+. The van der Waals surface area contributed by atoms with Gasteiger partial charge in [-0.05, 0) is 44.2 Å². The number of aromatic nitrogens is 2. The van der Waals surface area contributed by atoms with Crippen LogP contribution < -0.4 is 5.43 Å². The Kier molecular flexibility index (Phi) is 3.88. The van der Waals surface area contributed by atoms with Gasteiger partial charge in [0.05, 0.1) is 16.8 Å². The summed E-state index contributed by atoms with van der Waals surface area (Å²) in [4.78, 5) is 14.3. The minimum atomic E-state index is -0.373. The van der Waals surface area contributed by atoms with Crippen LogP contribution in [-0.4, -0.2) is 21.8 Å². The molecule has 0 bridgehead atoms. The van der Waals surface area contributed by atoms with Crippen molar-refractivity contribution < 1.29 is 9.21 Å². The first kappa shape index (κ1) is 14.3. The number of aryl methyl sites for hydroxylation is 1. The molecule has 0 aliphatic carbocycles. The Morgan fingerprint density at radius 1 is 1.41 bits per heavy atom. The van der Waals surface area contributed by atoms with Crippen molar-refractivity contribution in [2.75, 3.05) is 0 Å². The predicted molar refractivity (Wildman–Crippen MR) is 85.0 cm³/mol. The summed E-state index contributed by atoms with van der Waals surface area (Å²) < 4.78 is 5.20. The lowest BCUT2D eigenvalue weighted by molar-refractivity contribution is 0.0950. The normalized spacial score (nSPS) is 11.6. The van der Waals surface area contributed by atoms with E-state index in [2.05, 4.69) is 20.7 Å². The molecule has 0 aliphatic rings. The lowest BCUT2D eigenvalue weighted by atomic mass is 10.3. The van der Waals surface area contributed by atoms with Gasteiger partial charge in [0, 0.05) is 4.88 Å². The van der Waals surface area contributed by atoms with Gasteiger partial charge in [-0.3, -0.25) is 9.89 Å². The van der Waals surface area contributed by atoms with Gasteiger partial charge in [0.25, 0.3) is 5.91 Å². The Hall–Kier alpha value is -2.67. The highest BCUT2D eigenvalue weighted by Gasteiger charge is 2.12. The van der Waals surface area contributed by atoms with Gasteiger partial charge in [-0.1, -0.05) is 0 Å². The number of carbonyl (C=O) groups excluding carboxylic acids is 1. The van der Waals surface area contributed by atoms with E-state index >= 15 is 0 Å². The van der Waals surface area contributed by atoms with Crippen LogP contribution in [0.4, 0.5) is 0 Å². The Morgan fingerprint density at radius 3 is 2.95 bits per heavy atom. The minimum absolute atomic E-state index is 0.289. The van der Waals surface area contributed by atoms with Crippen LogP contribution in [0.2, 0.25) is 0 Å². The third-order valence-corrected chi connectivity index (χ3v) is 4.05. The molecule has 0 radical (unpaired) electrons. The molecule has 1 amide bonds. The van der Waals surface area contributed by atoms with E-state index in [0.717, 1.165) is 10.6 Å². The van der Waals surface area contributed by atoms with Crippen molar-refractivity contribution in [3.8, 4) is 10.6 Å². The van der Waals surface area contributed by atoms with E-state index in [4.69, 9.17) is 4.42 Å². The van der Waals surface area contributed by atoms with E-state index in [0.29, 0.717) is 11.5 Å². The van der Waals surface area contributed by atoms with Crippen molar-refractivity contribution >= 4 is 23.0 Å². The summed E-state index contributed by atoms with van der Waals surface area (Å²) in [6.45, 7) is 3.79. The first-order chi connectivity index (χ1) is 10.6. The van der Waals surface area contributed by atoms with E-state index in [-0.39, 0.29) is 11.6 Å². The van der Waals surface area contributed by atoms with Crippen molar-refractivity contribution in [1.29, 1.82) is 0 Å². The van der Waals surface area contributed by atoms with Gasteiger partial charge in [-0.15, -0.1) is 11.3 Å². The Labute approximate surface area is 130 Å². The van der Waals surface area contributed by atoms with Crippen LogP contribution in [0.15, 0.2) is 46.1 Å². The second-order valence-electron chi connectivity index (χ2n) is 4.69. The number of H-pyrrole nitrogens is 1. The molecule has 3 heterocycles. The highest BCUT2D eigenvalue weighted by molar-refractivity contribution is 7.15. The molecule has 3 aromatic rings. The maximum atomic E-state index is 12.0. The number of amides is 1. The van der Waals surface area contributed by atoms with Crippen molar-refractivity contribution in [2.45, 2.75) is 13.8 Å². The fraction of sp³-hybridized carbons (Fsp3) is 0.133. The summed E-state index contributed by atoms with van der Waals surface area (Å²) in [5, 5.41) is 10.9. The molecule has 0 aromatic carbocycles. The number of nitrogens with zero attached hydrogens (tertiary/aromatic N) is 2. The van der Waals surface area contributed by atoms with Crippen LogP contribution >= 0.6 is 11.3 Å². The zero-order valence-corrected chi connectivity index (χ0v) is 12.9. The third kappa shape index (κ3) is 2.99. The summed E-state index contributed by atoms with van der Waals surface area (Å²) in [7, 11) is 0. The summed E-state index contributed by atoms with van der Waals surface area (Å²) in [5.74, 6) is 0.235. The lowest BCUT2D eigenvalue weighted by Gasteiger charge is -1.97. The smallest absolute Gasteiger partial charge is 0.291 e. The summed E-state index contributed by atoms with van der Waals surface area (Å²) >= 11 is 1.64. The maximum Gasteiger partial charge on any atom is 0.291 e. The Bertz CT molecular complexity index is 814. The molecule has 0 spiro atoms. The predicted octanol–water partition coefficient (Wildman–Crippen LogP) is 3.19. The quantitative estimate of drug-likeness (QED) is 0.573. The fourth-order valence-corrected chi connectivity index (χ4v) is 2.71. The zero-order valence-electron chi connectivity index (χ0n) is 12.1. The van der Waals surface area contributed by atoms with E-state index in [1.54, 1.807) is 42.7 Å². The number of nitrogens with one attached hydrogen (secondary N) is 2. The molecule has 112 valence electrons. The van der Waals surface area contributed by atoms with Crippen molar-refractivity contribution in [3.05, 3.63) is 52.9 Å². The average molecular weight is 314 g/mol. The molecule has 0 atom stereocenters. The first-order valence-corrected chi connectivity index (χ1v) is 7.46. The molecule has 7 heteroatoms. The molecular formula is C15H14N4O2S. The van der Waals surface area contributed by atoms with E-state index in [1.807, 2.05) is 19.1 Å². The molecule has 3 aromatic heterocycles. The fourth-order valence-electron chi connectivity index (χ4n) is 1.87. The highest BCUT2D eigenvalue weighted by Crippen LogP contribution is 2.26. The summed E-state index contributed by atoms with van der Waals surface area (Å²) in [6, 6.07) is 9.26. The van der Waals surface area contributed by atoms with Gasteiger partial charge in [0.2, 0.25) is 0 Å². The van der Waals surface area contributed by atoms with Crippen LogP contribution in [0.5, 0.6) is 0 Å². The molecule has 0 fully saturated rings. The number of carbonyl (C=O) groups is 1. The highest BCUT2D eigenvalue weighted by atomic mass is 32.1. The average Bonchev–Trinajstić information content (AvgIpc) is 3.23. The Balaban J connectivity index is 1.71. The van der Waals surface area contributed by atoms with Gasteiger partial charge in [-0.25, -0.2) is 5.43 Å². The van der Waals surface area contributed by atoms with Gasteiger partial charge in [0.15, 0.2) is 5.69 Å². The molecule has 6 nitrogen and oxygen atoms in total. The number of rotatable bonds is 4. The molecule has 3 rings (SSSR count). The van der Waals surface area contributed by atoms with E-state index in [9.17, 15) is 4.79 Å². The summed E-state index contributed by atoms with van der Waals surface area (Å²) in [6.07, 6.45) is 1.55. The minimum Gasteiger partial charge on any atom is -0.463 e. The molecule has 0 saturated heterocycles. The first-order valence-electron chi connectivity index (χ1n) is 6.64. The number of aromatic amines is 1. The molecule has 22 heavy (non-hydrogen) atoms. The molecular weight excluding hydrogens is 300 g/mol. The number of hydrogen-bond donors (Lipinski definition) is 2. The number of hydrogen-bond acceptors (Lipinski definition) is 5. The second kappa shape index (κ2) is 5.98. The van der Waals surface area contributed by atoms with Crippen LogP contribution in [0, 0.1) is 6.92 Å². The monoisotopic (exact) mass is 314 g/mol. The van der Waals surface area contributed by atoms with Crippen LogP contribution in [-0.2, 0) is 0 Å². The van der Waals surface area contributed by atoms with Crippen molar-refractivity contribution in [3.63, 3.8) is 0 Å². The van der Waals surface area contributed by atoms with Crippen LogP contribution in [0.1, 0.15) is 28.0 Å². The van der Waals surface area contributed by atoms with Crippen molar-refractivity contribution in [1.82, 2.24) is 15.6 Å². The topological polar surface area (TPSA) is 83.3 Å². The largest absolute Gasteiger partial charge is 0.463 e. The SMILES string of the molecule is C/C(=N\NC(=O)c1cc(-c2ccc(C)s2)[nH]n1)c1ccco1. The molecule has 0 saturated carbocycles. The third-order valence-electron chi connectivity index (χ3n) is 3.02. The maximum absolute atomic E-state index is 12.0. The van der Waals surface area contributed by atoms with Crippen LogP contribution in [0.25, 0.3) is 10.6 Å². The van der Waals surface area contributed by atoms with Crippen molar-refractivity contribution in [2.24, 2.45) is 5.10 Å². The lowest BCUT2D eigenvalue weighted by Crippen LogP contribution is -2.19. The van der Waals surface area contributed by atoms with Gasteiger partial charge >= 0.3 is 0 Å². The van der Waals surface area contributed by atoms with E-state index < -0.39 is 0 Å². The number of hydrazone groups is 1. The van der Waals surface area contributed by atoms with Gasteiger partial charge in [-0.2, -0.15) is 10.2 Å². The second-order valence-corrected chi connectivity index (χ2v) is 5.98. The zero-order chi connectivity index (χ0) is 15.5. The molecule has 0 aliphatic heterocycles. The van der Waals surface area contributed by atoms with Gasteiger partial charge < -0.3 is 4.42 Å². The molecule has 2 N–H and O–H groups in total. The van der Waals surface area contributed by atoms with Crippen LogP contribution in [0.3, 0.4) is 0 Å². The molecule has 0 unspecified atom stereocenters. The number of furan rings is 1. The van der Waals surface area contributed by atoms with Gasteiger partial charge in [0.1, 0.15) is 11.5 Å².